The number of nitrogens with one attached hydrogen (secondary N) is 2. The fourth-order valence-electron chi connectivity index (χ4n) is 3.98. The van der Waals surface area contributed by atoms with Gasteiger partial charge in [-0.05, 0) is 66.2 Å². The van der Waals surface area contributed by atoms with Crippen molar-refractivity contribution in [3.63, 3.8) is 0 Å². The minimum absolute atomic E-state index is 0.111. The molecule has 2 amide bonds. The van der Waals surface area contributed by atoms with Crippen LogP contribution in [0, 0.1) is 0 Å². The number of carbonyl (C=O) groups excluding carboxylic acids is 1. The van der Waals surface area contributed by atoms with E-state index >= 15 is 0 Å². The second-order valence-corrected chi connectivity index (χ2v) is 8.91. The van der Waals surface area contributed by atoms with Gasteiger partial charge in [-0.2, -0.15) is 0 Å². The zero-order valence-electron chi connectivity index (χ0n) is 15.5. The van der Waals surface area contributed by atoms with Crippen molar-refractivity contribution in [1.29, 1.82) is 0 Å². The SMILES string of the molecule is O=C1NC2=C(CCCCC/C2=C\c2ccccc2Br)C(c2ccccc2Br)N1. The first-order valence-corrected chi connectivity index (χ1v) is 11.2. The van der Waals surface area contributed by atoms with Crippen LogP contribution in [0.3, 0.4) is 0 Å². The predicted octanol–water partition coefficient (Wildman–Crippen LogP) is 6.87. The third-order valence-electron chi connectivity index (χ3n) is 5.35. The number of amides is 2. The largest absolute Gasteiger partial charge is 0.327 e. The van der Waals surface area contributed by atoms with Gasteiger partial charge >= 0.3 is 6.03 Å². The van der Waals surface area contributed by atoms with Crippen LogP contribution in [-0.2, 0) is 0 Å². The molecule has 3 nitrogen and oxygen atoms in total. The molecule has 4 rings (SSSR count). The average Bonchev–Trinajstić information content (AvgIpc) is 2.67. The standard InChI is InChI=1S/C23H22Br2N2O/c24-19-12-6-4-8-15(19)14-16-9-2-1-3-11-18-21(16)26-23(28)27-22(18)17-10-5-7-13-20(17)25/h4-8,10,12-14,22H,1-3,9,11H2,(H2,26,27,28)/b16-14+. The second-order valence-electron chi connectivity index (χ2n) is 7.20. The number of carbonyl (C=O) groups is 1. The van der Waals surface area contributed by atoms with E-state index in [0.29, 0.717) is 0 Å². The van der Waals surface area contributed by atoms with E-state index in [2.05, 4.69) is 66.8 Å². The first-order valence-electron chi connectivity index (χ1n) is 9.64. The van der Waals surface area contributed by atoms with Crippen molar-refractivity contribution in [3.8, 4) is 0 Å². The molecule has 2 N–H and O–H groups in total. The highest BCUT2D eigenvalue weighted by Gasteiger charge is 2.31. The first-order chi connectivity index (χ1) is 13.6. The van der Waals surface area contributed by atoms with E-state index in [1.54, 1.807) is 0 Å². The highest BCUT2D eigenvalue weighted by Crippen LogP contribution is 2.39. The molecule has 1 heterocycles. The maximum absolute atomic E-state index is 12.6. The van der Waals surface area contributed by atoms with Crippen molar-refractivity contribution in [3.05, 3.63) is 85.4 Å². The van der Waals surface area contributed by atoms with Crippen LogP contribution in [0.25, 0.3) is 6.08 Å². The summed E-state index contributed by atoms with van der Waals surface area (Å²) in [5.74, 6) is 0. The number of halogens is 2. The van der Waals surface area contributed by atoms with Gasteiger partial charge in [-0.3, -0.25) is 0 Å². The topological polar surface area (TPSA) is 41.1 Å². The van der Waals surface area contributed by atoms with Gasteiger partial charge in [-0.1, -0.05) is 74.7 Å². The van der Waals surface area contributed by atoms with E-state index in [1.807, 2.05) is 30.3 Å². The smallest absolute Gasteiger partial charge is 0.319 e. The molecule has 1 atom stereocenters. The van der Waals surface area contributed by atoms with Crippen LogP contribution < -0.4 is 10.6 Å². The van der Waals surface area contributed by atoms with Crippen LogP contribution >= 0.6 is 31.9 Å². The number of rotatable bonds is 2. The van der Waals surface area contributed by atoms with Crippen molar-refractivity contribution in [2.45, 2.75) is 38.1 Å². The van der Waals surface area contributed by atoms with Gasteiger partial charge in [0.15, 0.2) is 0 Å². The van der Waals surface area contributed by atoms with Gasteiger partial charge in [0.05, 0.1) is 6.04 Å². The van der Waals surface area contributed by atoms with Gasteiger partial charge < -0.3 is 10.6 Å². The average molecular weight is 502 g/mol. The molecule has 0 radical (unpaired) electrons. The number of benzene rings is 2. The number of hydrogen-bond donors (Lipinski definition) is 2. The van der Waals surface area contributed by atoms with Crippen molar-refractivity contribution in [1.82, 2.24) is 10.6 Å². The molecule has 1 aliphatic carbocycles. The highest BCUT2D eigenvalue weighted by atomic mass is 79.9. The Morgan fingerprint density at radius 1 is 0.893 bits per heavy atom. The lowest BCUT2D eigenvalue weighted by Gasteiger charge is -2.33. The molecule has 2 aliphatic rings. The van der Waals surface area contributed by atoms with Crippen molar-refractivity contribution in [2.24, 2.45) is 0 Å². The molecule has 5 heteroatoms. The maximum atomic E-state index is 12.6. The first kappa shape index (κ1) is 19.5. The Hall–Kier alpha value is -1.85. The van der Waals surface area contributed by atoms with Gasteiger partial charge in [0, 0.05) is 14.6 Å². The summed E-state index contributed by atoms with van der Waals surface area (Å²) in [4.78, 5) is 12.6. The van der Waals surface area contributed by atoms with Gasteiger partial charge in [-0.25, -0.2) is 4.79 Å². The summed E-state index contributed by atoms with van der Waals surface area (Å²) >= 11 is 7.32. The third-order valence-corrected chi connectivity index (χ3v) is 6.79. The summed E-state index contributed by atoms with van der Waals surface area (Å²) in [5, 5.41) is 6.27. The molecule has 2 aromatic rings. The molecule has 28 heavy (non-hydrogen) atoms. The molecule has 0 spiro atoms. The Morgan fingerprint density at radius 3 is 2.39 bits per heavy atom. The lowest BCUT2D eigenvalue weighted by Crippen LogP contribution is -2.44. The van der Waals surface area contributed by atoms with Crippen LogP contribution in [0.15, 0.2) is 74.3 Å². The zero-order valence-corrected chi connectivity index (χ0v) is 18.6. The maximum Gasteiger partial charge on any atom is 0.319 e. The van der Waals surface area contributed by atoms with E-state index in [-0.39, 0.29) is 12.1 Å². The van der Waals surface area contributed by atoms with E-state index in [4.69, 9.17) is 0 Å². The van der Waals surface area contributed by atoms with Crippen LogP contribution in [0.1, 0.15) is 49.3 Å². The molecule has 1 unspecified atom stereocenters. The quantitative estimate of drug-likeness (QED) is 0.463. The number of allylic oxidation sites excluding steroid dienone is 1. The van der Waals surface area contributed by atoms with Gasteiger partial charge in [0.1, 0.15) is 0 Å². The van der Waals surface area contributed by atoms with Crippen LogP contribution in [0.4, 0.5) is 4.79 Å². The van der Waals surface area contributed by atoms with E-state index in [9.17, 15) is 4.79 Å². The summed E-state index contributed by atoms with van der Waals surface area (Å²) in [5.41, 5.74) is 5.71. The van der Waals surface area contributed by atoms with Crippen LogP contribution in [0.5, 0.6) is 0 Å². The van der Waals surface area contributed by atoms with E-state index in [0.717, 1.165) is 51.5 Å². The number of hydrogen-bond acceptors (Lipinski definition) is 1. The molecule has 0 fully saturated rings. The lowest BCUT2D eigenvalue weighted by atomic mass is 9.85. The summed E-state index contributed by atoms with van der Waals surface area (Å²) in [6.07, 6.45) is 7.62. The molecule has 2 aromatic carbocycles. The monoisotopic (exact) mass is 500 g/mol. The van der Waals surface area contributed by atoms with Gasteiger partial charge in [0.25, 0.3) is 0 Å². The molecule has 0 bridgehead atoms. The molecule has 144 valence electrons. The minimum atomic E-state index is -0.141. The second kappa shape index (κ2) is 8.66. The predicted molar refractivity (Wildman–Crippen MR) is 121 cm³/mol. The normalized spacial score (nSPS) is 21.4. The molecule has 0 aromatic heterocycles. The Kier molecular flexibility index (Phi) is 6.02. The Bertz CT molecular complexity index is 965. The van der Waals surface area contributed by atoms with E-state index < -0.39 is 0 Å². The third kappa shape index (κ3) is 4.11. The van der Waals surface area contributed by atoms with Crippen LogP contribution in [0.2, 0.25) is 0 Å². The molecule has 0 saturated heterocycles. The van der Waals surface area contributed by atoms with Crippen LogP contribution in [-0.4, -0.2) is 6.03 Å². The van der Waals surface area contributed by atoms with Gasteiger partial charge in [0.2, 0.25) is 0 Å². The Labute approximate surface area is 182 Å². The highest BCUT2D eigenvalue weighted by molar-refractivity contribution is 9.10. The summed E-state index contributed by atoms with van der Waals surface area (Å²) in [6.45, 7) is 0. The summed E-state index contributed by atoms with van der Waals surface area (Å²) in [6, 6.07) is 16.1. The Balaban J connectivity index is 1.85. The van der Waals surface area contributed by atoms with Crippen molar-refractivity contribution in [2.75, 3.05) is 0 Å². The summed E-state index contributed by atoms with van der Waals surface area (Å²) in [7, 11) is 0. The fourth-order valence-corrected chi connectivity index (χ4v) is 4.89. The number of urea groups is 1. The fraction of sp³-hybridized carbons (Fsp3) is 0.261. The summed E-state index contributed by atoms with van der Waals surface area (Å²) < 4.78 is 2.08. The minimum Gasteiger partial charge on any atom is -0.327 e. The molecule has 1 aliphatic heterocycles. The lowest BCUT2D eigenvalue weighted by molar-refractivity contribution is 0.238. The Morgan fingerprint density at radius 2 is 1.61 bits per heavy atom. The van der Waals surface area contributed by atoms with E-state index in [1.165, 1.54) is 17.6 Å². The van der Waals surface area contributed by atoms with Gasteiger partial charge in [-0.15, -0.1) is 0 Å². The molecule has 0 saturated carbocycles. The molecular formula is C23H22Br2N2O. The van der Waals surface area contributed by atoms with Crippen molar-refractivity contribution >= 4 is 44.0 Å². The van der Waals surface area contributed by atoms with Crippen molar-refractivity contribution < 1.29 is 4.79 Å². The molecular weight excluding hydrogens is 480 g/mol. The zero-order chi connectivity index (χ0) is 19.5.